The van der Waals surface area contributed by atoms with Crippen LogP contribution in [0.1, 0.15) is 192 Å². The molecule has 2 unspecified atom stereocenters. The number of carbonyl (C=O) groups is 6. The molecule has 0 amide bonds. The van der Waals surface area contributed by atoms with E-state index >= 15 is 0 Å². The van der Waals surface area contributed by atoms with Crippen molar-refractivity contribution < 1.29 is 47.7 Å². The van der Waals surface area contributed by atoms with E-state index in [1.807, 2.05) is 55.5 Å². The second-order valence-electron chi connectivity index (χ2n) is 22.5. The first-order chi connectivity index (χ1) is 35.5. The molecule has 0 aromatic heterocycles. The van der Waals surface area contributed by atoms with Crippen molar-refractivity contribution in [3.63, 3.8) is 0 Å². The standard InChI is InChI=1S/C41H56O5.C24H36O5/c1-30(2)16-14-19-31(3)17-12-13-18-32(4)20-15-21-33(5)24-25-36-34(6)40(44)37(28-41(36,7)8)46-39(43)27-26-38(42)45-29-35-22-10-9-11-23-35;1-5-6-12-19-17(2)23(27)20(15-24(19,3)4)29-22(26)14-13-21(25)28-16-18-10-8-7-9-11-18/h12-21,24-25,35,37H,9-11,22-23,26-29H2,1-8H3;6,12,18,20H,5,7-11,13-16H2,1-4H3/b13-12+,19-14+,20-15+,25-24+,31-17+,32-18+,33-21+;12-6+. The van der Waals surface area contributed by atoms with Gasteiger partial charge in [0, 0.05) is 12.8 Å². The molecule has 0 bridgehead atoms. The lowest BCUT2D eigenvalue weighted by atomic mass is 9.71. The highest BCUT2D eigenvalue weighted by molar-refractivity contribution is 6.02. The first kappa shape index (κ1) is 63.7. The molecule has 0 aromatic carbocycles. The van der Waals surface area contributed by atoms with Crippen molar-refractivity contribution in [1.29, 1.82) is 0 Å². The number of carbonyl (C=O) groups excluding carboxylic acids is 6. The van der Waals surface area contributed by atoms with Crippen LogP contribution in [0.4, 0.5) is 0 Å². The summed E-state index contributed by atoms with van der Waals surface area (Å²) >= 11 is 0. The van der Waals surface area contributed by atoms with Gasteiger partial charge in [0.1, 0.15) is 0 Å². The molecule has 0 heterocycles. The summed E-state index contributed by atoms with van der Waals surface area (Å²) in [5, 5.41) is 0. The first-order valence-corrected chi connectivity index (χ1v) is 27.8. The molecule has 0 aliphatic heterocycles. The Morgan fingerprint density at radius 3 is 1.29 bits per heavy atom. The number of esters is 4. The molecule has 0 radical (unpaired) electrons. The Hall–Kier alpha value is -5.64. The molecule has 2 atom stereocenters. The molecule has 0 spiro atoms. The van der Waals surface area contributed by atoms with Crippen LogP contribution in [0.5, 0.6) is 0 Å². The molecular weight excluding hydrogens is 941 g/mol. The van der Waals surface area contributed by atoms with Crippen LogP contribution in [0.15, 0.2) is 130 Å². The van der Waals surface area contributed by atoms with E-state index in [1.54, 1.807) is 13.8 Å². The molecule has 4 rings (SSSR count). The summed E-state index contributed by atoms with van der Waals surface area (Å²) in [6, 6.07) is 0. The van der Waals surface area contributed by atoms with Crippen LogP contribution in [0.2, 0.25) is 0 Å². The summed E-state index contributed by atoms with van der Waals surface area (Å²) < 4.78 is 21.7. The fraction of sp³-hybridized carbons (Fsp3) is 0.569. The predicted octanol–water partition coefficient (Wildman–Crippen LogP) is 15.2. The molecule has 10 nitrogen and oxygen atoms in total. The predicted molar refractivity (Wildman–Crippen MR) is 302 cm³/mol. The minimum atomic E-state index is -0.848. The smallest absolute Gasteiger partial charge is 0.307 e. The molecule has 10 heteroatoms. The minimum absolute atomic E-state index is 0.00480. The fourth-order valence-corrected chi connectivity index (χ4v) is 9.88. The molecule has 75 heavy (non-hydrogen) atoms. The number of hydrogen-bond acceptors (Lipinski definition) is 10. The van der Waals surface area contributed by atoms with Crippen molar-refractivity contribution in [3.8, 4) is 0 Å². The zero-order chi connectivity index (χ0) is 55.6. The summed E-state index contributed by atoms with van der Waals surface area (Å²) in [4.78, 5) is 74.7. The molecule has 0 saturated heterocycles. The Balaban J connectivity index is 0.000000438. The maximum atomic E-state index is 13.2. The van der Waals surface area contributed by atoms with E-state index in [0.29, 0.717) is 49.0 Å². The van der Waals surface area contributed by atoms with Gasteiger partial charge in [-0.15, -0.1) is 0 Å². The van der Waals surface area contributed by atoms with Crippen molar-refractivity contribution in [1.82, 2.24) is 0 Å². The highest BCUT2D eigenvalue weighted by atomic mass is 16.6. The zero-order valence-corrected chi connectivity index (χ0v) is 47.9. The van der Waals surface area contributed by atoms with Crippen LogP contribution in [0.25, 0.3) is 0 Å². The summed E-state index contributed by atoms with van der Waals surface area (Å²) in [6.07, 6.45) is 40.2. The molecule has 4 aliphatic rings. The molecule has 2 fully saturated rings. The fourth-order valence-electron chi connectivity index (χ4n) is 9.88. The van der Waals surface area contributed by atoms with Gasteiger partial charge in [-0.1, -0.05) is 181 Å². The average molecular weight is 1030 g/mol. The van der Waals surface area contributed by atoms with Crippen molar-refractivity contribution in [2.24, 2.45) is 22.7 Å². The Morgan fingerprint density at radius 2 is 0.880 bits per heavy atom. The quantitative estimate of drug-likeness (QED) is 0.0585. The molecule has 2 saturated carbocycles. The van der Waals surface area contributed by atoms with Crippen molar-refractivity contribution in [3.05, 3.63) is 130 Å². The van der Waals surface area contributed by atoms with Crippen molar-refractivity contribution in [2.75, 3.05) is 13.2 Å². The SMILES string of the molecule is CC(C)=C/C=C/C(C)=C/C=C/C=C(C)/C=C/C=C(C)/C=C/C1=C(C)C(=O)C(OC(=O)CCC(=O)OCC2CCCCC2)CC1(C)C.CC/C=C/C1=C(C)C(=O)C(OC(=O)CCC(=O)OCC2CCCCC2)CC1(C)C. The first-order valence-electron chi connectivity index (χ1n) is 27.8. The van der Waals surface area contributed by atoms with E-state index in [-0.39, 0.29) is 60.0 Å². The van der Waals surface area contributed by atoms with Gasteiger partial charge in [-0.25, -0.2) is 0 Å². The molecule has 0 aromatic rings. The zero-order valence-electron chi connectivity index (χ0n) is 47.9. The van der Waals surface area contributed by atoms with E-state index in [0.717, 1.165) is 54.4 Å². The third-order valence-corrected chi connectivity index (χ3v) is 14.4. The van der Waals surface area contributed by atoms with Crippen molar-refractivity contribution in [2.45, 2.75) is 204 Å². The number of allylic oxidation sites excluding steroid dienone is 20. The lowest BCUT2D eigenvalue weighted by Gasteiger charge is -2.36. The van der Waals surface area contributed by atoms with E-state index < -0.39 is 24.1 Å². The number of ether oxygens (including phenoxy) is 4. The van der Waals surface area contributed by atoms with Gasteiger partial charge in [0.15, 0.2) is 23.8 Å². The number of Topliss-reactive ketones (excluding diaryl/α,β-unsaturated/α-hetero) is 2. The monoisotopic (exact) mass is 1030 g/mol. The normalized spacial score (nSPS) is 21.3. The lowest BCUT2D eigenvalue weighted by molar-refractivity contribution is -0.158. The van der Waals surface area contributed by atoms with Gasteiger partial charge in [0.25, 0.3) is 0 Å². The van der Waals surface area contributed by atoms with E-state index in [2.05, 4.69) is 98.8 Å². The second-order valence-corrected chi connectivity index (χ2v) is 22.5. The number of rotatable bonds is 22. The molecule has 412 valence electrons. The van der Waals surface area contributed by atoms with E-state index in [4.69, 9.17) is 18.9 Å². The van der Waals surface area contributed by atoms with Gasteiger partial charge < -0.3 is 18.9 Å². The maximum Gasteiger partial charge on any atom is 0.307 e. The third kappa shape index (κ3) is 23.8. The molecular formula is C65H92O10. The Labute approximate surface area is 451 Å². The summed E-state index contributed by atoms with van der Waals surface area (Å²) in [6.45, 7) is 25.1. The summed E-state index contributed by atoms with van der Waals surface area (Å²) in [5.41, 5.74) is 7.20. The van der Waals surface area contributed by atoms with Crippen LogP contribution < -0.4 is 0 Å². The van der Waals surface area contributed by atoms with Crippen LogP contribution in [-0.2, 0) is 47.7 Å². The Bertz CT molecular complexity index is 2310. The van der Waals surface area contributed by atoms with Crippen LogP contribution in [-0.4, -0.2) is 60.9 Å². The Morgan fingerprint density at radius 1 is 0.507 bits per heavy atom. The highest BCUT2D eigenvalue weighted by Crippen LogP contribution is 2.42. The van der Waals surface area contributed by atoms with Gasteiger partial charge in [-0.2, -0.15) is 0 Å². The van der Waals surface area contributed by atoms with Gasteiger partial charge in [0.05, 0.1) is 38.9 Å². The Kier molecular flexibility index (Phi) is 27.8. The van der Waals surface area contributed by atoms with E-state index in [9.17, 15) is 28.8 Å². The number of ketones is 2. The van der Waals surface area contributed by atoms with Crippen LogP contribution >= 0.6 is 0 Å². The van der Waals surface area contributed by atoms with Gasteiger partial charge in [0.2, 0.25) is 0 Å². The van der Waals surface area contributed by atoms with E-state index in [1.165, 1.54) is 49.7 Å². The number of hydrogen-bond donors (Lipinski definition) is 0. The van der Waals surface area contributed by atoms with Gasteiger partial charge in [-0.05, 0) is 126 Å². The van der Waals surface area contributed by atoms with Crippen LogP contribution in [0, 0.1) is 22.7 Å². The highest BCUT2D eigenvalue weighted by Gasteiger charge is 2.41. The topological polar surface area (TPSA) is 139 Å². The average Bonchev–Trinajstić information content (AvgIpc) is 3.36. The minimum Gasteiger partial charge on any atom is -0.465 e. The largest absolute Gasteiger partial charge is 0.465 e. The second kappa shape index (κ2) is 32.7. The summed E-state index contributed by atoms with van der Waals surface area (Å²) in [5.74, 6) is -1.26. The van der Waals surface area contributed by atoms with Crippen molar-refractivity contribution >= 4 is 35.4 Å². The maximum absolute atomic E-state index is 13.2. The lowest BCUT2D eigenvalue weighted by Crippen LogP contribution is -2.39. The molecule has 0 N–H and O–H groups in total. The third-order valence-electron chi connectivity index (χ3n) is 14.4. The van der Waals surface area contributed by atoms with Gasteiger partial charge in [-0.3, -0.25) is 28.8 Å². The summed E-state index contributed by atoms with van der Waals surface area (Å²) in [7, 11) is 0. The molecule has 4 aliphatic carbocycles. The van der Waals surface area contributed by atoms with Gasteiger partial charge >= 0.3 is 23.9 Å². The van der Waals surface area contributed by atoms with Crippen LogP contribution in [0.3, 0.4) is 0 Å².